The molecule has 19 heavy (non-hydrogen) atoms. The summed E-state index contributed by atoms with van der Waals surface area (Å²) in [5.74, 6) is -2.26. The summed E-state index contributed by atoms with van der Waals surface area (Å²) in [6.07, 6.45) is 0. The third kappa shape index (κ3) is 2.73. The fourth-order valence-corrected chi connectivity index (χ4v) is 4.32. The second-order valence-corrected chi connectivity index (χ2v) is 6.56. The summed E-state index contributed by atoms with van der Waals surface area (Å²) < 4.78 is 43.7. The van der Waals surface area contributed by atoms with Gasteiger partial charge in [-0.2, -0.15) is 0 Å². The molecule has 1 aromatic carbocycles. The average molecular weight is 307 g/mol. The number of hydrogen-bond acceptors (Lipinski definition) is 5. The van der Waals surface area contributed by atoms with Gasteiger partial charge in [-0.15, -0.1) is 3.71 Å². The number of aliphatic carboxylic acids is 1. The van der Waals surface area contributed by atoms with E-state index in [9.17, 15) is 17.6 Å². The van der Waals surface area contributed by atoms with Gasteiger partial charge in [-0.25, -0.2) is 12.8 Å². The van der Waals surface area contributed by atoms with Gasteiger partial charge in [0.1, 0.15) is 16.7 Å². The van der Waals surface area contributed by atoms with Gasteiger partial charge in [-0.3, -0.25) is 4.79 Å². The Kier molecular flexibility index (Phi) is 4.09. The van der Waals surface area contributed by atoms with Crippen LogP contribution in [0.1, 0.15) is 0 Å². The molecule has 1 saturated heterocycles. The van der Waals surface area contributed by atoms with Crippen molar-refractivity contribution >= 4 is 27.9 Å². The van der Waals surface area contributed by atoms with Crippen LogP contribution >= 0.6 is 11.9 Å². The predicted octanol–water partition coefficient (Wildman–Crippen LogP) is 0.905. The van der Waals surface area contributed by atoms with Gasteiger partial charge in [0, 0.05) is 0 Å². The van der Waals surface area contributed by atoms with Crippen LogP contribution in [0, 0.1) is 5.82 Å². The lowest BCUT2D eigenvalue weighted by Crippen LogP contribution is -2.46. The molecule has 0 spiro atoms. The molecule has 6 nitrogen and oxygen atoms in total. The van der Waals surface area contributed by atoms with E-state index in [4.69, 9.17) is 9.84 Å². The molecule has 0 radical (unpaired) electrons. The van der Waals surface area contributed by atoms with Gasteiger partial charge >= 0.3 is 5.97 Å². The van der Waals surface area contributed by atoms with Crippen LogP contribution in [0.15, 0.2) is 29.2 Å². The number of sulfonamides is 1. The van der Waals surface area contributed by atoms with E-state index >= 15 is 0 Å². The van der Waals surface area contributed by atoms with Gasteiger partial charge < -0.3 is 9.84 Å². The van der Waals surface area contributed by atoms with Crippen LogP contribution in [0.2, 0.25) is 0 Å². The molecule has 9 heteroatoms. The van der Waals surface area contributed by atoms with Gasteiger partial charge in [0.25, 0.3) is 10.0 Å². The van der Waals surface area contributed by atoms with Gasteiger partial charge in [-0.1, -0.05) is 12.1 Å². The molecule has 0 amide bonds. The molecule has 1 atom stereocenters. The summed E-state index contributed by atoms with van der Waals surface area (Å²) in [4.78, 5) is 10.5. The molecule has 0 aromatic heterocycles. The highest BCUT2D eigenvalue weighted by Gasteiger charge is 2.40. The Balaban J connectivity index is 2.43. The zero-order valence-corrected chi connectivity index (χ0v) is 11.2. The van der Waals surface area contributed by atoms with E-state index in [-0.39, 0.29) is 12.5 Å². The summed E-state index contributed by atoms with van der Waals surface area (Å²) in [5, 5.41) is 9.00. The number of hydrogen-bond donors (Lipinski definition) is 1. The maximum Gasteiger partial charge on any atom is 0.325 e. The lowest BCUT2D eigenvalue weighted by molar-refractivity contribution is -0.142. The highest BCUT2D eigenvalue weighted by Crippen LogP contribution is 2.30. The number of halogens is 1. The van der Waals surface area contributed by atoms with Crippen LogP contribution in [0.25, 0.3) is 0 Å². The second kappa shape index (κ2) is 5.45. The van der Waals surface area contributed by atoms with Crippen LogP contribution in [0.4, 0.5) is 4.39 Å². The first-order valence-corrected chi connectivity index (χ1v) is 7.55. The summed E-state index contributed by atoms with van der Waals surface area (Å²) in [5.41, 5.74) is 0. The maximum absolute atomic E-state index is 13.6. The Morgan fingerprint density at radius 3 is 2.79 bits per heavy atom. The van der Waals surface area contributed by atoms with Crippen molar-refractivity contribution in [1.29, 1.82) is 0 Å². The fraction of sp³-hybridized carbons (Fsp3) is 0.300. The Labute approximate surface area is 113 Å². The van der Waals surface area contributed by atoms with Crippen molar-refractivity contribution < 1.29 is 27.4 Å². The van der Waals surface area contributed by atoms with Crippen LogP contribution in [0.5, 0.6) is 0 Å². The van der Waals surface area contributed by atoms with E-state index in [2.05, 4.69) is 0 Å². The topological polar surface area (TPSA) is 83.9 Å². The minimum atomic E-state index is -4.23. The molecular weight excluding hydrogens is 297 g/mol. The molecule has 1 fully saturated rings. The number of carboxylic acids is 1. The number of ether oxygens (including phenoxy) is 1. The van der Waals surface area contributed by atoms with Gasteiger partial charge in [0.05, 0.1) is 6.61 Å². The summed E-state index contributed by atoms with van der Waals surface area (Å²) >= 11 is 0.686. The van der Waals surface area contributed by atoms with Crippen molar-refractivity contribution in [3.05, 3.63) is 30.1 Å². The van der Waals surface area contributed by atoms with Crippen LogP contribution < -0.4 is 0 Å². The lowest BCUT2D eigenvalue weighted by atomic mass is 10.3. The van der Waals surface area contributed by atoms with E-state index in [1.165, 1.54) is 12.1 Å². The Morgan fingerprint density at radius 1 is 1.47 bits per heavy atom. The zero-order valence-electron chi connectivity index (χ0n) is 9.52. The van der Waals surface area contributed by atoms with Crippen molar-refractivity contribution in [2.75, 3.05) is 12.5 Å². The zero-order chi connectivity index (χ0) is 14.0. The van der Waals surface area contributed by atoms with E-state index < -0.39 is 32.7 Å². The first-order chi connectivity index (χ1) is 8.94. The molecule has 1 heterocycles. The maximum atomic E-state index is 13.6. The normalized spacial score (nSPS) is 21.2. The molecule has 0 bridgehead atoms. The fourth-order valence-electron chi connectivity index (χ4n) is 1.55. The van der Waals surface area contributed by atoms with Gasteiger partial charge in [-0.05, 0) is 24.1 Å². The van der Waals surface area contributed by atoms with Crippen LogP contribution in [-0.4, -0.2) is 41.8 Å². The van der Waals surface area contributed by atoms with Crippen molar-refractivity contribution in [3.8, 4) is 0 Å². The third-order valence-corrected chi connectivity index (χ3v) is 5.73. The van der Waals surface area contributed by atoms with Crippen molar-refractivity contribution in [3.63, 3.8) is 0 Å². The van der Waals surface area contributed by atoms with Crippen molar-refractivity contribution in [2.24, 2.45) is 0 Å². The highest BCUT2D eigenvalue weighted by molar-refractivity contribution is 8.08. The molecule has 1 aromatic rings. The molecule has 0 aliphatic carbocycles. The smallest absolute Gasteiger partial charge is 0.325 e. The standard InChI is InChI=1S/C10H10FNO5S2/c11-7-3-1-2-4-9(7)19(15,16)12-8(10(13)14)5-17-6-18-12/h1-4,8H,5-6H2,(H,13,14). The van der Waals surface area contributed by atoms with E-state index in [0.29, 0.717) is 15.7 Å². The Hall–Kier alpha value is -1.16. The minimum Gasteiger partial charge on any atom is -0.480 e. The van der Waals surface area contributed by atoms with Crippen LogP contribution in [-0.2, 0) is 19.6 Å². The second-order valence-electron chi connectivity index (χ2n) is 3.66. The molecule has 0 saturated carbocycles. The first kappa shape index (κ1) is 14.3. The molecule has 1 aliphatic rings. The largest absolute Gasteiger partial charge is 0.480 e. The number of carboxylic acid groups (broad SMARTS) is 1. The Bertz CT molecular complexity index is 591. The van der Waals surface area contributed by atoms with E-state index in [1.54, 1.807) is 0 Å². The summed E-state index contributed by atoms with van der Waals surface area (Å²) in [7, 11) is -4.23. The first-order valence-electron chi connectivity index (χ1n) is 5.17. The molecule has 1 unspecified atom stereocenters. The van der Waals surface area contributed by atoms with Gasteiger partial charge in [0.15, 0.2) is 6.04 Å². The third-order valence-electron chi connectivity index (χ3n) is 2.43. The average Bonchev–Trinajstić information content (AvgIpc) is 2.39. The van der Waals surface area contributed by atoms with Crippen molar-refractivity contribution in [2.45, 2.75) is 10.9 Å². The van der Waals surface area contributed by atoms with Crippen molar-refractivity contribution in [1.82, 2.24) is 3.71 Å². The summed E-state index contributed by atoms with van der Waals surface area (Å²) in [6.45, 7) is -0.268. The number of nitrogens with zero attached hydrogens (tertiary/aromatic N) is 1. The number of benzene rings is 1. The number of rotatable bonds is 3. The summed E-state index contributed by atoms with van der Waals surface area (Å²) in [6, 6.07) is 3.46. The molecule has 104 valence electrons. The SMILES string of the molecule is O=C(O)C1COCSN1S(=O)(=O)c1ccccc1F. The van der Waals surface area contributed by atoms with Gasteiger partial charge in [0.2, 0.25) is 0 Å². The molecule has 2 rings (SSSR count). The molecular formula is C10H10FNO5S2. The predicted molar refractivity (Wildman–Crippen MR) is 65.3 cm³/mol. The lowest BCUT2D eigenvalue weighted by Gasteiger charge is -2.30. The Morgan fingerprint density at radius 2 is 2.16 bits per heavy atom. The minimum absolute atomic E-state index is 0.00252. The highest BCUT2D eigenvalue weighted by atomic mass is 32.3. The van der Waals surface area contributed by atoms with Crippen LogP contribution in [0.3, 0.4) is 0 Å². The quantitative estimate of drug-likeness (QED) is 0.836. The monoisotopic (exact) mass is 307 g/mol. The number of carbonyl (C=O) groups is 1. The molecule has 1 aliphatic heterocycles. The van der Waals surface area contributed by atoms with E-state index in [0.717, 1.165) is 12.1 Å². The molecule has 1 N–H and O–H groups in total. The van der Waals surface area contributed by atoms with E-state index in [1.807, 2.05) is 0 Å².